The zero-order chi connectivity index (χ0) is 15.2. The maximum atomic E-state index is 12.6. The van der Waals surface area contributed by atoms with E-state index < -0.39 is 20.3 Å². The molecular weight excluding hydrogens is 316 g/mol. The van der Waals surface area contributed by atoms with E-state index in [1.807, 2.05) is 0 Å². The molecule has 2 heterocycles. The third kappa shape index (κ3) is 2.05. The van der Waals surface area contributed by atoms with Crippen molar-refractivity contribution in [1.82, 2.24) is 10.2 Å². The van der Waals surface area contributed by atoms with Crippen molar-refractivity contribution in [2.45, 2.75) is 16.9 Å². The molecule has 8 heteroatoms. The van der Waals surface area contributed by atoms with Gasteiger partial charge < -0.3 is 4.42 Å². The summed E-state index contributed by atoms with van der Waals surface area (Å²) in [6, 6.07) is 6.04. The van der Waals surface area contributed by atoms with Gasteiger partial charge in [-0.15, -0.1) is 0 Å². The molecule has 2 aromatic heterocycles. The molecule has 0 aliphatic heterocycles. The number of benzene rings is 1. The maximum absolute atomic E-state index is 12.6. The molecule has 3 rings (SSSR count). The smallest absolute Gasteiger partial charge is 0.283 e. The second-order valence-electron chi connectivity index (χ2n) is 4.38. The minimum absolute atomic E-state index is 0.290. The number of aromatic nitrogens is 2. The zero-order valence-corrected chi connectivity index (χ0v) is 12.3. The molecule has 0 fully saturated rings. The summed E-state index contributed by atoms with van der Waals surface area (Å²) < 4.78 is 30.6. The maximum Gasteiger partial charge on any atom is 0.283 e. The standard InChI is InChI=1S/C13H9ClN2O4S/c1-7-11-8(14)3-2-4-9(11)20-13(7)21(18,19)10-5-6-15-16-12(10)17/h2-6H,1H3,(H,16,17). The number of hydrogen-bond donors (Lipinski definition) is 1. The van der Waals surface area contributed by atoms with Crippen molar-refractivity contribution in [2.24, 2.45) is 0 Å². The average molecular weight is 325 g/mol. The van der Waals surface area contributed by atoms with Gasteiger partial charge in [0.2, 0.25) is 14.9 Å². The number of furan rings is 1. The van der Waals surface area contributed by atoms with Crippen molar-refractivity contribution in [3.63, 3.8) is 0 Å². The second-order valence-corrected chi connectivity index (χ2v) is 6.61. The fourth-order valence-corrected chi connectivity index (χ4v) is 3.87. The molecule has 0 bridgehead atoms. The molecule has 3 aromatic rings. The third-order valence-corrected chi connectivity index (χ3v) is 5.18. The van der Waals surface area contributed by atoms with Crippen molar-refractivity contribution in [1.29, 1.82) is 0 Å². The lowest BCUT2D eigenvalue weighted by Crippen LogP contribution is -2.18. The van der Waals surface area contributed by atoms with Gasteiger partial charge in [0.15, 0.2) is 0 Å². The topological polar surface area (TPSA) is 93.0 Å². The van der Waals surface area contributed by atoms with E-state index in [0.29, 0.717) is 21.6 Å². The fraction of sp³-hybridized carbons (Fsp3) is 0.0769. The van der Waals surface area contributed by atoms with Crippen LogP contribution in [0.5, 0.6) is 0 Å². The van der Waals surface area contributed by atoms with Crippen LogP contribution in [0.4, 0.5) is 0 Å². The van der Waals surface area contributed by atoms with Crippen molar-refractivity contribution >= 4 is 32.4 Å². The molecule has 108 valence electrons. The number of aryl methyl sites for hydroxylation is 1. The Hall–Kier alpha value is -2.12. The highest BCUT2D eigenvalue weighted by molar-refractivity contribution is 7.91. The number of sulfone groups is 1. The van der Waals surface area contributed by atoms with Gasteiger partial charge in [0, 0.05) is 17.1 Å². The van der Waals surface area contributed by atoms with E-state index in [4.69, 9.17) is 16.0 Å². The predicted octanol–water partition coefficient (Wildman–Crippen LogP) is 2.31. The summed E-state index contributed by atoms with van der Waals surface area (Å²) in [4.78, 5) is 11.2. The molecule has 1 aromatic carbocycles. The number of nitrogens with zero attached hydrogens (tertiary/aromatic N) is 1. The van der Waals surface area contributed by atoms with Gasteiger partial charge in [0.1, 0.15) is 10.5 Å². The Morgan fingerprint density at radius 2 is 2.05 bits per heavy atom. The van der Waals surface area contributed by atoms with E-state index in [-0.39, 0.29) is 5.09 Å². The van der Waals surface area contributed by atoms with Crippen LogP contribution in [0.25, 0.3) is 11.0 Å². The molecule has 0 saturated heterocycles. The Morgan fingerprint density at radius 3 is 2.71 bits per heavy atom. The number of hydrogen-bond acceptors (Lipinski definition) is 5. The van der Waals surface area contributed by atoms with Crippen LogP contribution in [-0.4, -0.2) is 18.6 Å². The highest BCUT2D eigenvalue weighted by Gasteiger charge is 2.29. The zero-order valence-electron chi connectivity index (χ0n) is 10.8. The first-order valence-corrected chi connectivity index (χ1v) is 7.75. The summed E-state index contributed by atoms with van der Waals surface area (Å²) in [5.41, 5.74) is -0.0840. The van der Waals surface area contributed by atoms with Crippen LogP contribution < -0.4 is 5.56 Å². The lowest BCUT2D eigenvalue weighted by Gasteiger charge is -2.00. The molecule has 0 saturated carbocycles. The number of rotatable bonds is 2. The van der Waals surface area contributed by atoms with Gasteiger partial charge in [-0.25, -0.2) is 13.5 Å². The van der Waals surface area contributed by atoms with Crippen LogP contribution in [0, 0.1) is 6.92 Å². The van der Waals surface area contributed by atoms with E-state index in [1.54, 1.807) is 25.1 Å². The molecule has 0 unspecified atom stereocenters. The Labute approximate surface area is 124 Å². The first kappa shape index (κ1) is 13.8. The lowest BCUT2D eigenvalue weighted by atomic mass is 10.2. The SMILES string of the molecule is Cc1c(S(=O)(=O)c2ccn[nH]c2=O)oc2cccc(Cl)c12. The van der Waals surface area contributed by atoms with Gasteiger partial charge in [-0.2, -0.15) is 5.10 Å². The average Bonchev–Trinajstić information content (AvgIpc) is 2.78. The van der Waals surface area contributed by atoms with Crippen molar-refractivity contribution in [3.8, 4) is 0 Å². The quantitative estimate of drug-likeness (QED) is 0.780. The van der Waals surface area contributed by atoms with Crippen LogP contribution >= 0.6 is 11.6 Å². The number of H-pyrrole nitrogens is 1. The summed E-state index contributed by atoms with van der Waals surface area (Å²) in [7, 11) is -4.09. The van der Waals surface area contributed by atoms with E-state index in [9.17, 15) is 13.2 Å². The van der Waals surface area contributed by atoms with Crippen LogP contribution in [-0.2, 0) is 9.84 Å². The molecule has 0 aliphatic carbocycles. The Kier molecular flexibility index (Phi) is 3.11. The largest absolute Gasteiger partial charge is 0.444 e. The van der Waals surface area contributed by atoms with Gasteiger partial charge >= 0.3 is 0 Å². The fourth-order valence-electron chi connectivity index (χ4n) is 2.13. The first-order chi connectivity index (χ1) is 9.93. The van der Waals surface area contributed by atoms with Gasteiger partial charge in [0.05, 0.1) is 5.02 Å². The van der Waals surface area contributed by atoms with E-state index in [2.05, 4.69) is 10.2 Å². The summed E-state index contributed by atoms with van der Waals surface area (Å²) in [5, 5.41) is 6.18. The summed E-state index contributed by atoms with van der Waals surface area (Å²) >= 11 is 6.07. The first-order valence-electron chi connectivity index (χ1n) is 5.89. The van der Waals surface area contributed by atoms with Crippen molar-refractivity contribution in [2.75, 3.05) is 0 Å². The normalized spacial score (nSPS) is 11.9. The van der Waals surface area contributed by atoms with Gasteiger partial charge in [-0.05, 0) is 25.1 Å². The predicted molar refractivity (Wildman–Crippen MR) is 76.3 cm³/mol. The van der Waals surface area contributed by atoms with Gasteiger partial charge in [0.25, 0.3) is 5.56 Å². The highest BCUT2D eigenvalue weighted by atomic mass is 35.5. The molecule has 0 amide bonds. The summed E-state index contributed by atoms with van der Waals surface area (Å²) in [6.45, 7) is 1.58. The van der Waals surface area contributed by atoms with Crippen LogP contribution in [0.1, 0.15) is 5.56 Å². The third-order valence-electron chi connectivity index (χ3n) is 3.08. The highest BCUT2D eigenvalue weighted by Crippen LogP contribution is 2.35. The van der Waals surface area contributed by atoms with Gasteiger partial charge in [-0.3, -0.25) is 4.79 Å². The minimum Gasteiger partial charge on any atom is -0.444 e. The van der Waals surface area contributed by atoms with Crippen LogP contribution in [0.2, 0.25) is 5.02 Å². The molecule has 0 aliphatic rings. The Morgan fingerprint density at radius 1 is 1.29 bits per heavy atom. The summed E-state index contributed by atoms with van der Waals surface area (Å²) in [6.07, 6.45) is 1.19. The van der Waals surface area contributed by atoms with Crippen LogP contribution in [0.3, 0.4) is 0 Å². The molecule has 21 heavy (non-hydrogen) atoms. The molecule has 6 nitrogen and oxygen atoms in total. The molecule has 0 radical (unpaired) electrons. The van der Waals surface area contributed by atoms with E-state index in [1.165, 1.54) is 6.20 Å². The van der Waals surface area contributed by atoms with Crippen molar-refractivity contribution < 1.29 is 12.8 Å². The molecule has 0 spiro atoms. The number of fused-ring (bicyclic) bond motifs is 1. The number of halogens is 1. The lowest BCUT2D eigenvalue weighted by molar-refractivity contribution is 0.476. The summed E-state index contributed by atoms with van der Waals surface area (Å²) in [5.74, 6) is 0. The molecular formula is C13H9ClN2O4S. The number of nitrogens with one attached hydrogen (secondary N) is 1. The van der Waals surface area contributed by atoms with Gasteiger partial charge in [-0.1, -0.05) is 17.7 Å². The van der Waals surface area contributed by atoms with Crippen molar-refractivity contribution in [3.05, 3.63) is 51.4 Å². The Bertz CT molecular complexity index is 1000. The molecule has 1 N–H and O–H groups in total. The van der Waals surface area contributed by atoms with E-state index >= 15 is 0 Å². The number of aromatic amines is 1. The second kappa shape index (κ2) is 4.71. The molecule has 0 atom stereocenters. The monoisotopic (exact) mass is 324 g/mol. The minimum atomic E-state index is -4.09. The van der Waals surface area contributed by atoms with E-state index in [0.717, 1.165) is 6.07 Å². The Balaban J connectivity index is 2.36. The van der Waals surface area contributed by atoms with Crippen LogP contribution in [0.15, 0.2) is 49.7 Å².